The van der Waals surface area contributed by atoms with E-state index < -0.39 is 0 Å². The van der Waals surface area contributed by atoms with Crippen molar-refractivity contribution in [3.05, 3.63) is 134 Å². The number of para-hydroxylation sites is 1. The molecule has 4 heteroatoms. The average Bonchev–Trinajstić information content (AvgIpc) is 3.32. The molecule has 0 fully saturated rings. The highest BCUT2D eigenvalue weighted by molar-refractivity contribution is 6.06. The van der Waals surface area contributed by atoms with Gasteiger partial charge in [-0.05, 0) is 36.4 Å². The average molecular weight is 475 g/mol. The molecule has 0 bridgehead atoms. The van der Waals surface area contributed by atoms with Gasteiger partial charge in [0.25, 0.3) is 0 Å². The van der Waals surface area contributed by atoms with Crippen LogP contribution in [0.5, 0.6) is 0 Å². The molecular formula is C33H22N4. The molecule has 0 saturated carbocycles. The van der Waals surface area contributed by atoms with Crippen LogP contribution >= 0.6 is 0 Å². The molecule has 0 saturated heterocycles. The first-order valence-electron chi connectivity index (χ1n) is 12.3. The van der Waals surface area contributed by atoms with Crippen LogP contribution in [0.1, 0.15) is 0 Å². The van der Waals surface area contributed by atoms with E-state index in [4.69, 9.17) is 9.97 Å². The molecule has 0 atom stereocenters. The van der Waals surface area contributed by atoms with Crippen molar-refractivity contribution in [3.8, 4) is 39.6 Å². The lowest BCUT2D eigenvalue weighted by Crippen LogP contribution is -1.97. The summed E-state index contributed by atoms with van der Waals surface area (Å²) in [6.07, 6.45) is 1.85. The summed E-state index contributed by atoms with van der Waals surface area (Å²) in [6.45, 7) is 0. The zero-order valence-corrected chi connectivity index (χ0v) is 20.0. The number of fused-ring (bicyclic) bond motifs is 3. The molecule has 0 N–H and O–H groups in total. The Kier molecular flexibility index (Phi) is 5.07. The second kappa shape index (κ2) is 8.85. The van der Waals surface area contributed by atoms with Crippen LogP contribution in [0.3, 0.4) is 0 Å². The van der Waals surface area contributed by atoms with Crippen LogP contribution in [0.15, 0.2) is 134 Å². The Bertz CT molecular complexity index is 1740. The zero-order chi connectivity index (χ0) is 24.6. The summed E-state index contributed by atoms with van der Waals surface area (Å²) >= 11 is 0. The summed E-state index contributed by atoms with van der Waals surface area (Å²) in [5.74, 6) is 0.717. The van der Waals surface area contributed by atoms with E-state index in [1.54, 1.807) is 0 Å². The summed E-state index contributed by atoms with van der Waals surface area (Å²) < 4.78 is 2.27. The van der Waals surface area contributed by atoms with Crippen molar-refractivity contribution in [3.63, 3.8) is 0 Å². The maximum atomic E-state index is 4.96. The van der Waals surface area contributed by atoms with E-state index in [9.17, 15) is 0 Å². The Morgan fingerprint density at radius 1 is 0.486 bits per heavy atom. The second-order valence-electron chi connectivity index (χ2n) is 8.96. The highest BCUT2D eigenvalue weighted by atomic mass is 15.0. The highest BCUT2D eigenvalue weighted by Crippen LogP contribution is 2.32. The van der Waals surface area contributed by atoms with E-state index in [1.807, 2.05) is 60.8 Å². The number of nitrogens with zero attached hydrogens (tertiary/aromatic N) is 4. The number of pyridine rings is 1. The molecule has 4 aromatic carbocycles. The lowest BCUT2D eigenvalue weighted by atomic mass is 10.1. The smallest absolute Gasteiger partial charge is 0.160 e. The van der Waals surface area contributed by atoms with Gasteiger partial charge in [-0.3, -0.25) is 4.98 Å². The van der Waals surface area contributed by atoms with Crippen LogP contribution in [0.4, 0.5) is 0 Å². The fourth-order valence-electron chi connectivity index (χ4n) is 4.91. The van der Waals surface area contributed by atoms with Gasteiger partial charge in [-0.1, -0.05) is 91.0 Å². The van der Waals surface area contributed by atoms with E-state index in [0.29, 0.717) is 0 Å². The van der Waals surface area contributed by atoms with Crippen LogP contribution in [0.25, 0.3) is 61.5 Å². The van der Waals surface area contributed by atoms with E-state index in [0.717, 1.165) is 61.5 Å². The SMILES string of the molecule is c1ccc(-c2cc(-c3ccc(-n4c5ccccc5c5ncccc54)cc3)nc(-c3ccccc3)n2)cc1. The molecule has 3 heterocycles. The van der Waals surface area contributed by atoms with Crippen molar-refractivity contribution < 1.29 is 0 Å². The van der Waals surface area contributed by atoms with Crippen molar-refractivity contribution in [2.75, 3.05) is 0 Å². The largest absolute Gasteiger partial charge is 0.308 e. The van der Waals surface area contributed by atoms with Gasteiger partial charge in [0.2, 0.25) is 0 Å². The van der Waals surface area contributed by atoms with Gasteiger partial charge in [0.05, 0.1) is 27.9 Å². The maximum absolute atomic E-state index is 4.96. The number of rotatable bonds is 4. The molecule has 0 aliphatic carbocycles. The van der Waals surface area contributed by atoms with Gasteiger partial charge in [0.1, 0.15) is 0 Å². The van der Waals surface area contributed by atoms with Crippen molar-refractivity contribution in [1.82, 2.24) is 19.5 Å². The summed E-state index contributed by atoms with van der Waals surface area (Å²) in [5.41, 5.74) is 9.24. The molecular weight excluding hydrogens is 452 g/mol. The first-order chi connectivity index (χ1) is 18.3. The molecule has 4 nitrogen and oxygen atoms in total. The predicted molar refractivity (Wildman–Crippen MR) is 150 cm³/mol. The summed E-state index contributed by atoms with van der Waals surface area (Å²) in [5, 5.41) is 1.15. The Balaban J connectivity index is 1.37. The number of benzene rings is 4. The van der Waals surface area contributed by atoms with Gasteiger partial charge >= 0.3 is 0 Å². The third kappa shape index (κ3) is 3.76. The normalized spacial score (nSPS) is 11.2. The Morgan fingerprint density at radius 3 is 1.81 bits per heavy atom. The lowest BCUT2D eigenvalue weighted by molar-refractivity contribution is 1.17. The van der Waals surface area contributed by atoms with Crippen LogP contribution < -0.4 is 0 Å². The van der Waals surface area contributed by atoms with Crippen molar-refractivity contribution in [2.45, 2.75) is 0 Å². The van der Waals surface area contributed by atoms with Crippen LogP contribution in [-0.4, -0.2) is 19.5 Å². The minimum absolute atomic E-state index is 0.717. The standard InChI is InChI=1S/C33H22N4/c1-3-10-23(11-4-1)28-22-29(36-33(35-28)25-12-5-2-6-13-25)24-17-19-26(20-18-24)37-30-15-8-7-14-27(30)32-31(37)16-9-21-34-32/h1-22H. The van der Waals surface area contributed by atoms with Crippen molar-refractivity contribution in [1.29, 1.82) is 0 Å². The monoisotopic (exact) mass is 474 g/mol. The Morgan fingerprint density at radius 2 is 1.08 bits per heavy atom. The van der Waals surface area contributed by atoms with Crippen LogP contribution in [-0.2, 0) is 0 Å². The molecule has 0 spiro atoms. The van der Waals surface area contributed by atoms with E-state index in [1.165, 1.54) is 0 Å². The summed E-state index contributed by atoms with van der Waals surface area (Å²) in [4.78, 5) is 14.5. The molecule has 3 aromatic heterocycles. The molecule has 37 heavy (non-hydrogen) atoms. The maximum Gasteiger partial charge on any atom is 0.160 e. The molecule has 7 aromatic rings. The van der Waals surface area contributed by atoms with Gasteiger partial charge in [-0.25, -0.2) is 9.97 Å². The molecule has 0 aliphatic heterocycles. The first-order valence-corrected chi connectivity index (χ1v) is 12.3. The number of hydrogen-bond acceptors (Lipinski definition) is 3. The molecule has 0 amide bonds. The van der Waals surface area contributed by atoms with Gasteiger partial charge in [0.15, 0.2) is 5.82 Å². The Labute approximate surface area is 214 Å². The topological polar surface area (TPSA) is 43.6 Å². The van der Waals surface area contributed by atoms with Gasteiger partial charge in [0, 0.05) is 34.0 Å². The van der Waals surface area contributed by atoms with E-state index in [-0.39, 0.29) is 0 Å². The third-order valence-corrected chi connectivity index (χ3v) is 6.68. The van der Waals surface area contributed by atoms with Crippen LogP contribution in [0, 0.1) is 0 Å². The molecule has 174 valence electrons. The third-order valence-electron chi connectivity index (χ3n) is 6.68. The van der Waals surface area contributed by atoms with Gasteiger partial charge < -0.3 is 4.57 Å². The highest BCUT2D eigenvalue weighted by Gasteiger charge is 2.14. The van der Waals surface area contributed by atoms with E-state index in [2.05, 4.69) is 82.3 Å². The quantitative estimate of drug-likeness (QED) is 0.260. The summed E-state index contributed by atoms with van der Waals surface area (Å²) in [7, 11) is 0. The number of aromatic nitrogens is 4. The minimum Gasteiger partial charge on any atom is -0.308 e. The van der Waals surface area contributed by atoms with Crippen molar-refractivity contribution in [2.24, 2.45) is 0 Å². The Hall–Kier alpha value is -5.09. The fraction of sp³-hybridized carbons (Fsp3) is 0. The van der Waals surface area contributed by atoms with Crippen molar-refractivity contribution >= 4 is 21.9 Å². The first kappa shape index (κ1) is 21.2. The molecule has 7 rings (SSSR count). The number of hydrogen-bond donors (Lipinski definition) is 0. The van der Waals surface area contributed by atoms with Crippen LogP contribution in [0.2, 0.25) is 0 Å². The van der Waals surface area contributed by atoms with Gasteiger partial charge in [-0.2, -0.15) is 0 Å². The zero-order valence-electron chi connectivity index (χ0n) is 20.0. The van der Waals surface area contributed by atoms with Gasteiger partial charge in [-0.15, -0.1) is 0 Å². The molecule has 0 radical (unpaired) electrons. The van der Waals surface area contributed by atoms with E-state index >= 15 is 0 Å². The fourth-order valence-corrected chi connectivity index (χ4v) is 4.91. The molecule has 0 unspecified atom stereocenters. The predicted octanol–water partition coefficient (Wildman–Crippen LogP) is 7.97. The minimum atomic E-state index is 0.717. The molecule has 0 aliphatic rings. The lowest BCUT2D eigenvalue weighted by Gasteiger charge is -2.11. The summed E-state index contributed by atoms with van der Waals surface area (Å²) in [6, 6.07) is 43.6. The second-order valence-corrected chi connectivity index (χ2v) is 8.96.